The molecule has 0 aliphatic heterocycles. The van der Waals surface area contributed by atoms with Crippen LogP contribution >= 0.6 is 0 Å². The Kier molecular flexibility index (Phi) is 7.91. The molecule has 15 heavy (non-hydrogen) atoms. The zero-order valence-corrected chi connectivity index (χ0v) is 10.0. The lowest BCUT2D eigenvalue weighted by Crippen LogP contribution is -2.35. The van der Waals surface area contributed by atoms with Crippen molar-refractivity contribution in [3.63, 3.8) is 0 Å². The van der Waals surface area contributed by atoms with E-state index in [1.807, 2.05) is 13.8 Å². The number of nitrogens with two attached hydrogens (primary N) is 1. The summed E-state index contributed by atoms with van der Waals surface area (Å²) in [6.07, 6.45) is 2.53. The average molecular weight is 213 g/mol. The third kappa shape index (κ3) is 7.08. The molecular formula is C11H23N3O. The van der Waals surface area contributed by atoms with Gasteiger partial charge in [0.2, 0.25) is 0 Å². The molecule has 0 spiro atoms. The van der Waals surface area contributed by atoms with Gasteiger partial charge in [0, 0.05) is 13.0 Å². The Morgan fingerprint density at radius 2 is 2.13 bits per heavy atom. The molecule has 0 heterocycles. The summed E-state index contributed by atoms with van der Waals surface area (Å²) in [4.78, 5) is 15.4. The highest BCUT2D eigenvalue weighted by atomic mass is 16.1. The number of Topliss-reactive ketones (excluding diaryl/α,β-unsaturated/α-hetero) is 1. The van der Waals surface area contributed by atoms with Crippen LogP contribution < -0.4 is 11.1 Å². The second kappa shape index (κ2) is 8.41. The molecule has 0 aliphatic rings. The molecule has 0 aliphatic carbocycles. The maximum absolute atomic E-state index is 11.2. The van der Waals surface area contributed by atoms with Crippen LogP contribution in [0.4, 0.5) is 0 Å². The summed E-state index contributed by atoms with van der Waals surface area (Å²) in [5.41, 5.74) is 5.58. The SMILES string of the molecule is CCNC(CCCN=C(N)CC)C(C)=O. The number of carbonyl (C=O) groups excluding carboxylic acids is 1. The van der Waals surface area contributed by atoms with Crippen LogP contribution in [0.25, 0.3) is 0 Å². The number of rotatable bonds is 8. The lowest BCUT2D eigenvalue weighted by atomic mass is 10.1. The molecule has 0 aromatic heterocycles. The Bertz CT molecular complexity index is 214. The van der Waals surface area contributed by atoms with Crippen LogP contribution in [0, 0.1) is 0 Å². The minimum atomic E-state index is -0.0203. The molecule has 1 atom stereocenters. The topological polar surface area (TPSA) is 67.5 Å². The predicted molar refractivity (Wildman–Crippen MR) is 64.2 cm³/mol. The van der Waals surface area contributed by atoms with Crippen LogP contribution in [0.3, 0.4) is 0 Å². The van der Waals surface area contributed by atoms with Gasteiger partial charge in [0.15, 0.2) is 0 Å². The summed E-state index contributed by atoms with van der Waals surface area (Å²) in [5.74, 6) is 0.891. The molecule has 0 aromatic rings. The first-order chi connectivity index (χ1) is 7.11. The summed E-state index contributed by atoms with van der Waals surface area (Å²) in [6, 6.07) is -0.0203. The maximum atomic E-state index is 11.2. The van der Waals surface area contributed by atoms with Gasteiger partial charge in [-0.3, -0.25) is 9.79 Å². The van der Waals surface area contributed by atoms with E-state index in [4.69, 9.17) is 5.73 Å². The van der Waals surface area contributed by atoms with E-state index in [0.717, 1.165) is 32.4 Å². The lowest BCUT2D eigenvalue weighted by Gasteiger charge is -2.13. The van der Waals surface area contributed by atoms with Crippen LogP contribution in [0.5, 0.6) is 0 Å². The summed E-state index contributed by atoms with van der Waals surface area (Å²) in [5, 5.41) is 3.15. The highest BCUT2D eigenvalue weighted by Gasteiger charge is 2.11. The lowest BCUT2D eigenvalue weighted by molar-refractivity contribution is -0.119. The second-order valence-electron chi connectivity index (χ2n) is 3.59. The Hall–Kier alpha value is -0.900. The number of hydrogen-bond acceptors (Lipinski definition) is 3. The van der Waals surface area contributed by atoms with Gasteiger partial charge in [0.05, 0.1) is 11.9 Å². The highest BCUT2D eigenvalue weighted by Crippen LogP contribution is 1.99. The van der Waals surface area contributed by atoms with Crippen molar-refractivity contribution < 1.29 is 4.79 Å². The largest absolute Gasteiger partial charge is 0.387 e. The number of ketones is 1. The zero-order valence-electron chi connectivity index (χ0n) is 10.0. The van der Waals surface area contributed by atoms with E-state index in [2.05, 4.69) is 10.3 Å². The van der Waals surface area contributed by atoms with Crippen molar-refractivity contribution in [3.05, 3.63) is 0 Å². The van der Waals surface area contributed by atoms with Crippen molar-refractivity contribution in [2.45, 2.75) is 46.1 Å². The van der Waals surface area contributed by atoms with Gasteiger partial charge in [-0.1, -0.05) is 13.8 Å². The van der Waals surface area contributed by atoms with Gasteiger partial charge in [-0.25, -0.2) is 0 Å². The molecular weight excluding hydrogens is 190 g/mol. The monoisotopic (exact) mass is 213 g/mol. The summed E-state index contributed by atoms with van der Waals surface area (Å²) < 4.78 is 0. The summed E-state index contributed by atoms with van der Waals surface area (Å²) in [6.45, 7) is 7.15. The van der Waals surface area contributed by atoms with Crippen molar-refractivity contribution in [2.75, 3.05) is 13.1 Å². The van der Waals surface area contributed by atoms with Gasteiger partial charge in [0.25, 0.3) is 0 Å². The van der Waals surface area contributed by atoms with Crippen LogP contribution in [-0.2, 0) is 4.79 Å². The Morgan fingerprint density at radius 1 is 1.47 bits per heavy atom. The van der Waals surface area contributed by atoms with E-state index >= 15 is 0 Å². The number of amidine groups is 1. The standard InChI is InChI=1S/C11H23N3O/c1-4-11(12)14-8-6-7-10(9(3)15)13-5-2/h10,13H,4-8H2,1-3H3,(H2,12,14). The molecule has 3 N–H and O–H groups in total. The number of carbonyl (C=O) groups is 1. The fourth-order valence-corrected chi connectivity index (χ4v) is 1.33. The van der Waals surface area contributed by atoms with Gasteiger partial charge in [-0.2, -0.15) is 0 Å². The van der Waals surface area contributed by atoms with Crippen molar-refractivity contribution >= 4 is 11.6 Å². The summed E-state index contributed by atoms with van der Waals surface area (Å²) >= 11 is 0. The number of aliphatic imine (C=N–C) groups is 1. The molecule has 88 valence electrons. The van der Waals surface area contributed by atoms with E-state index in [0.29, 0.717) is 5.84 Å². The third-order valence-corrected chi connectivity index (χ3v) is 2.27. The second-order valence-corrected chi connectivity index (χ2v) is 3.59. The molecule has 0 fully saturated rings. The first-order valence-electron chi connectivity index (χ1n) is 5.64. The van der Waals surface area contributed by atoms with Crippen molar-refractivity contribution in [1.82, 2.24) is 5.32 Å². The fourth-order valence-electron chi connectivity index (χ4n) is 1.33. The third-order valence-electron chi connectivity index (χ3n) is 2.27. The van der Waals surface area contributed by atoms with Crippen molar-refractivity contribution in [2.24, 2.45) is 10.7 Å². The number of hydrogen-bond donors (Lipinski definition) is 2. The number of nitrogens with one attached hydrogen (secondary N) is 1. The minimum absolute atomic E-state index is 0.0203. The van der Waals surface area contributed by atoms with E-state index in [1.54, 1.807) is 6.92 Å². The Balaban J connectivity index is 3.76. The molecule has 4 heteroatoms. The quantitative estimate of drug-likeness (QED) is 0.360. The fraction of sp³-hybridized carbons (Fsp3) is 0.818. The van der Waals surface area contributed by atoms with E-state index in [9.17, 15) is 4.79 Å². The van der Waals surface area contributed by atoms with Crippen LogP contribution in [0.15, 0.2) is 4.99 Å². The summed E-state index contributed by atoms with van der Waals surface area (Å²) in [7, 11) is 0. The first-order valence-corrected chi connectivity index (χ1v) is 5.64. The first kappa shape index (κ1) is 14.1. The Morgan fingerprint density at radius 3 is 2.60 bits per heavy atom. The van der Waals surface area contributed by atoms with Gasteiger partial charge in [0.1, 0.15) is 5.78 Å². The van der Waals surface area contributed by atoms with Gasteiger partial charge >= 0.3 is 0 Å². The predicted octanol–water partition coefficient (Wildman–Crippen LogP) is 1.10. The number of nitrogens with zero attached hydrogens (tertiary/aromatic N) is 1. The smallest absolute Gasteiger partial charge is 0.146 e. The van der Waals surface area contributed by atoms with Gasteiger partial charge < -0.3 is 11.1 Å². The maximum Gasteiger partial charge on any atom is 0.146 e. The number of likely N-dealkylation sites (N-methyl/N-ethyl adjacent to an activating group) is 1. The molecule has 1 unspecified atom stereocenters. The molecule has 0 radical (unpaired) electrons. The van der Waals surface area contributed by atoms with Crippen LogP contribution in [-0.4, -0.2) is 30.8 Å². The molecule has 0 rings (SSSR count). The average Bonchev–Trinajstić information content (AvgIpc) is 2.21. The molecule has 0 amide bonds. The van der Waals surface area contributed by atoms with Crippen molar-refractivity contribution in [1.29, 1.82) is 0 Å². The zero-order chi connectivity index (χ0) is 11.7. The molecule has 0 saturated carbocycles. The van der Waals surface area contributed by atoms with Crippen molar-refractivity contribution in [3.8, 4) is 0 Å². The van der Waals surface area contributed by atoms with E-state index in [-0.39, 0.29) is 11.8 Å². The van der Waals surface area contributed by atoms with Crippen LogP contribution in [0.2, 0.25) is 0 Å². The highest BCUT2D eigenvalue weighted by molar-refractivity contribution is 5.81. The van der Waals surface area contributed by atoms with E-state index in [1.165, 1.54) is 0 Å². The molecule has 0 bridgehead atoms. The van der Waals surface area contributed by atoms with Gasteiger partial charge in [-0.05, 0) is 26.3 Å². The molecule has 4 nitrogen and oxygen atoms in total. The van der Waals surface area contributed by atoms with Crippen LogP contribution in [0.1, 0.15) is 40.0 Å². The van der Waals surface area contributed by atoms with Gasteiger partial charge in [-0.15, -0.1) is 0 Å². The Labute approximate surface area is 92.3 Å². The molecule has 0 saturated heterocycles. The molecule has 0 aromatic carbocycles. The minimum Gasteiger partial charge on any atom is -0.387 e. The normalized spacial score (nSPS) is 13.9. The van der Waals surface area contributed by atoms with E-state index < -0.39 is 0 Å².